The standard InChI is InChI=1S/C20H34N6O6S/c1-11(2)6-15(19(30)26-16(20(31)32)7-12-8-22-10-23-12)25-18(29)14(4-5-33-3)24-17(28)13(21)9-27/h8,10-11,13-16,27H,4-7,9,21H2,1-3H3,(H,22,23)(H,24,28)(H,25,29)(H,26,30)(H,31,32). The molecule has 0 aliphatic carbocycles. The van der Waals surface area contributed by atoms with Crippen molar-refractivity contribution in [1.29, 1.82) is 0 Å². The van der Waals surface area contributed by atoms with Crippen molar-refractivity contribution in [2.75, 3.05) is 18.6 Å². The lowest BCUT2D eigenvalue weighted by molar-refractivity contribution is -0.142. The predicted molar refractivity (Wildman–Crippen MR) is 123 cm³/mol. The van der Waals surface area contributed by atoms with Crippen molar-refractivity contribution in [1.82, 2.24) is 25.9 Å². The van der Waals surface area contributed by atoms with Crippen molar-refractivity contribution < 1.29 is 29.4 Å². The molecule has 1 heterocycles. The molecule has 0 bridgehead atoms. The molecule has 0 spiro atoms. The molecular weight excluding hydrogens is 452 g/mol. The fourth-order valence-corrected chi connectivity index (χ4v) is 3.40. The number of aliphatic hydroxyl groups is 1. The molecule has 1 rings (SSSR count). The van der Waals surface area contributed by atoms with Crippen molar-refractivity contribution in [3.8, 4) is 0 Å². The van der Waals surface area contributed by atoms with E-state index in [1.807, 2.05) is 20.1 Å². The zero-order valence-corrected chi connectivity index (χ0v) is 19.9. The first kappa shape index (κ1) is 28.4. The molecule has 3 amide bonds. The molecule has 1 aromatic rings. The Balaban J connectivity index is 2.94. The van der Waals surface area contributed by atoms with E-state index in [-0.39, 0.29) is 25.2 Å². The molecule has 12 nitrogen and oxygen atoms in total. The summed E-state index contributed by atoms with van der Waals surface area (Å²) in [5.41, 5.74) is 6.06. The van der Waals surface area contributed by atoms with E-state index in [0.717, 1.165) is 0 Å². The van der Waals surface area contributed by atoms with Gasteiger partial charge in [0, 0.05) is 18.3 Å². The highest BCUT2D eigenvalue weighted by Crippen LogP contribution is 2.09. The summed E-state index contributed by atoms with van der Waals surface area (Å²) in [6.45, 7) is 3.14. The second-order valence-corrected chi connectivity index (χ2v) is 8.99. The van der Waals surface area contributed by atoms with E-state index in [1.165, 1.54) is 24.3 Å². The minimum Gasteiger partial charge on any atom is -0.480 e. The third-order valence-corrected chi connectivity index (χ3v) is 5.35. The van der Waals surface area contributed by atoms with E-state index in [0.29, 0.717) is 11.4 Å². The van der Waals surface area contributed by atoms with E-state index < -0.39 is 54.5 Å². The number of carboxylic acids is 1. The van der Waals surface area contributed by atoms with Gasteiger partial charge in [-0.2, -0.15) is 11.8 Å². The summed E-state index contributed by atoms with van der Waals surface area (Å²) in [7, 11) is 0. The predicted octanol–water partition coefficient (Wildman–Crippen LogP) is -1.39. The number of amides is 3. The van der Waals surface area contributed by atoms with Gasteiger partial charge in [-0.05, 0) is 30.8 Å². The number of H-pyrrole nitrogens is 1. The maximum atomic E-state index is 12.9. The molecule has 0 aliphatic rings. The van der Waals surface area contributed by atoms with Crippen LogP contribution in [-0.2, 0) is 25.6 Å². The Labute approximate surface area is 196 Å². The Bertz CT molecular complexity index is 775. The van der Waals surface area contributed by atoms with E-state index in [4.69, 9.17) is 10.8 Å². The molecule has 0 radical (unpaired) electrons. The second kappa shape index (κ2) is 14.5. The SMILES string of the molecule is CSCCC(NC(=O)C(N)CO)C(=O)NC(CC(C)C)C(=O)NC(Cc1cnc[nH]1)C(=O)O. The summed E-state index contributed by atoms with van der Waals surface area (Å²) in [5, 5.41) is 26.2. The van der Waals surface area contributed by atoms with Gasteiger partial charge < -0.3 is 36.9 Å². The molecule has 1 aromatic heterocycles. The third-order valence-electron chi connectivity index (χ3n) is 4.71. The number of imidazole rings is 1. The normalized spacial score (nSPS) is 14.7. The van der Waals surface area contributed by atoms with Gasteiger partial charge in [-0.1, -0.05) is 13.8 Å². The maximum absolute atomic E-state index is 12.9. The van der Waals surface area contributed by atoms with Gasteiger partial charge in [0.2, 0.25) is 17.7 Å². The van der Waals surface area contributed by atoms with Crippen LogP contribution < -0.4 is 21.7 Å². The molecule has 4 unspecified atom stereocenters. The van der Waals surface area contributed by atoms with Gasteiger partial charge in [0.25, 0.3) is 0 Å². The molecule has 4 atom stereocenters. The molecule has 33 heavy (non-hydrogen) atoms. The number of nitrogens with two attached hydrogens (primary N) is 1. The van der Waals surface area contributed by atoms with Crippen molar-refractivity contribution in [2.24, 2.45) is 11.7 Å². The first-order valence-electron chi connectivity index (χ1n) is 10.6. The molecule has 0 aliphatic heterocycles. The number of carbonyl (C=O) groups is 4. The molecule has 13 heteroatoms. The largest absolute Gasteiger partial charge is 0.480 e. The first-order valence-corrected chi connectivity index (χ1v) is 11.9. The fourth-order valence-electron chi connectivity index (χ4n) is 2.93. The molecule has 186 valence electrons. The molecule has 0 saturated carbocycles. The summed E-state index contributed by atoms with van der Waals surface area (Å²) in [6, 6.07) is -4.38. The highest BCUT2D eigenvalue weighted by molar-refractivity contribution is 7.98. The van der Waals surface area contributed by atoms with Crippen LogP contribution in [0.1, 0.15) is 32.4 Å². The number of hydrogen-bond donors (Lipinski definition) is 7. The van der Waals surface area contributed by atoms with Gasteiger partial charge in [0.1, 0.15) is 24.2 Å². The second-order valence-electron chi connectivity index (χ2n) is 8.00. The molecule has 0 saturated heterocycles. The number of carboxylic acid groups (broad SMARTS) is 1. The van der Waals surface area contributed by atoms with Crippen LogP contribution in [0.4, 0.5) is 0 Å². The van der Waals surface area contributed by atoms with Crippen LogP contribution in [0.25, 0.3) is 0 Å². The number of thioether (sulfide) groups is 1. The Kier molecular flexibility index (Phi) is 12.5. The van der Waals surface area contributed by atoms with Gasteiger partial charge in [-0.25, -0.2) is 9.78 Å². The minimum atomic E-state index is -1.23. The number of nitrogens with zero attached hydrogens (tertiary/aromatic N) is 1. The fraction of sp³-hybridized carbons (Fsp3) is 0.650. The summed E-state index contributed by atoms with van der Waals surface area (Å²) in [5.74, 6) is -2.59. The first-order chi connectivity index (χ1) is 15.6. The lowest BCUT2D eigenvalue weighted by Crippen LogP contribution is -2.58. The summed E-state index contributed by atoms with van der Waals surface area (Å²) < 4.78 is 0. The van der Waals surface area contributed by atoms with E-state index >= 15 is 0 Å². The van der Waals surface area contributed by atoms with Gasteiger partial charge in [0.05, 0.1) is 12.9 Å². The van der Waals surface area contributed by atoms with Crippen LogP contribution in [0, 0.1) is 5.92 Å². The van der Waals surface area contributed by atoms with Crippen LogP contribution in [-0.4, -0.2) is 86.7 Å². The lowest BCUT2D eigenvalue weighted by atomic mass is 10.0. The van der Waals surface area contributed by atoms with Crippen molar-refractivity contribution in [3.05, 3.63) is 18.2 Å². The highest BCUT2D eigenvalue weighted by Gasteiger charge is 2.30. The minimum absolute atomic E-state index is 0.00509. The summed E-state index contributed by atoms with van der Waals surface area (Å²) >= 11 is 1.47. The van der Waals surface area contributed by atoms with Crippen LogP contribution in [0.5, 0.6) is 0 Å². The third kappa shape index (κ3) is 10.2. The van der Waals surface area contributed by atoms with Gasteiger partial charge >= 0.3 is 5.97 Å². The number of aromatic amines is 1. The molecule has 8 N–H and O–H groups in total. The van der Waals surface area contributed by atoms with Gasteiger partial charge in [0.15, 0.2) is 0 Å². The molecule has 0 fully saturated rings. The van der Waals surface area contributed by atoms with Crippen molar-refractivity contribution in [3.63, 3.8) is 0 Å². The van der Waals surface area contributed by atoms with Crippen LogP contribution in [0.2, 0.25) is 0 Å². The number of aromatic nitrogens is 2. The Morgan fingerprint density at radius 2 is 1.70 bits per heavy atom. The van der Waals surface area contributed by atoms with E-state index in [1.54, 1.807) is 0 Å². The Morgan fingerprint density at radius 3 is 2.21 bits per heavy atom. The molecule has 0 aromatic carbocycles. The topological polar surface area (TPSA) is 200 Å². The zero-order chi connectivity index (χ0) is 25.0. The number of hydrogen-bond acceptors (Lipinski definition) is 8. The van der Waals surface area contributed by atoms with Crippen LogP contribution >= 0.6 is 11.8 Å². The van der Waals surface area contributed by atoms with Crippen molar-refractivity contribution in [2.45, 2.75) is 57.3 Å². The summed E-state index contributed by atoms with van der Waals surface area (Å²) in [4.78, 5) is 56.2. The van der Waals surface area contributed by atoms with Crippen LogP contribution in [0.3, 0.4) is 0 Å². The highest BCUT2D eigenvalue weighted by atomic mass is 32.2. The monoisotopic (exact) mass is 486 g/mol. The quantitative estimate of drug-likeness (QED) is 0.156. The van der Waals surface area contributed by atoms with E-state index in [9.17, 15) is 24.3 Å². The number of aliphatic carboxylic acids is 1. The molecular formula is C20H34N6O6S. The van der Waals surface area contributed by atoms with Gasteiger partial charge in [-0.3, -0.25) is 14.4 Å². The Hall–Kier alpha value is -2.64. The number of aliphatic hydroxyl groups excluding tert-OH is 1. The van der Waals surface area contributed by atoms with Gasteiger partial charge in [-0.15, -0.1) is 0 Å². The zero-order valence-electron chi connectivity index (χ0n) is 19.0. The smallest absolute Gasteiger partial charge is 0.326 e. The number of nitrogens with one attached hydrogen (secondary N) is 4. The van der Waals surface area contributed by atoms with Crippen molar-refractivity contribution >= 4 is 35.5 Å². The average Bonchev–Trinajstić information content (AvgIpc) is 3.27. The Morgan fingerprint density at radius 1 is 1.09 bits per heavy atom. The number of carbonyl (C=O) groups excluding carboxylic acids is 3. The average molecular weight is 487 g/mol. The maximum Gasteiger partial charge on any atom is 0.326 e. The number of rotatable bonds is 15. The van der Waals surface area contributed by atoms with Crippen LogP contribution in [0.15, 0.2) is 12.5 Å². The lowest BCUT2D eigenvalue weighted by Gasteiger charge is -2.26. The van der Waals surface area contributed by atoms with E-state index in [2.05, 4.69) is 25.9 Å². The summed E-state index contributed by atoms with van der Waals surface area (Å²) in [6.07, 6.45) is 5.25.